The molecule has 0 bridgehead atoms. The molecule has 0 saturated carbocycles. The van der Waals surface area contributed by atoms with Gasteiger partial charge in [-0.3, -0.25) is 29.8 Å². The van der Waals surface area contributed by atoms with Crippen molar-refractivity contribution in [1.82, 2.24) is 35.1 Å². The van der Waals surface area contributed by atoms with E-state index >= 15 is 0 Å². The SMILES string of the molecule is CCC(=O)Nc1cncc(-c2cc3c(-c4cc5c(-c6ccccn6)nccc5[nH]4)n[nH]c3cn2)c1. The Morgan fingerprint density at radius 3 is 2.66 bits per heavy atom. The maximum Gasteiger partial charge on any atom is 0.224 e. The molecule has 0 aliphatic rings. The van der Waals surface area contributed by atoms with Crippen molar-refractivity contribution in [3.8, 4) is 34.0 Å². The molecule has 6 aromatic heterocycles. The molecular formula is C26H20N8O. The van der Waals surface area contributed by atoms with Gasteiger partial charge in [0.1, 0.15) is 5.69 Å². The van der Waals surface area contributed by atoms with Crippen molar-refractivity contribution in [2.45, 2.75) is 13.3 Å². The van der Waals surface area contributed by atoms with Gasteiger partial charge < -0.3 is 10.3 Å². The summed E-state index contributed by atoms with van der Waals surface area (Å²) in [5.41, 5.74) is 7.17. The van der Waals surface area contributed by atoms with Gasteiger partial charge in [0.2, 0.25) is 5.91 Å². The number of carbonyl (C=O) groups excluding carboxylic acids is 1. The van der Waals surface area contributed by atoms with Gasteiger partial charge in [-0.1, -0.05) is 13.0 Å². The van der Waals surface area contributed by atoms with E-state index in [0.29, 0.717) is 12.1 Å². The lowest BCUT2D eigenvalue weighted by atomic mass is 10.1. The van der Waals surface area contributed by atoms with Gasteiger partial charge in [0.25, 0.3) is 0 Å². The van der Waals surface area contributed by atoms with E-state index in [4.69, 9.17) is 0 Å². The van der Waals surface area contributed by atoms with E-state index in [1.807, 2.05) is 49.4 Å². The Balaban J connectivity index is 1.43. The minimum atomic E-state index is -0.0668. The molecule has 9 nitrogen and oxygen atoms in total. The van der Waals surface area contributed by atoms with Gasteiger partial charge in [-0.25, -0.2) is 0 Å². The number of carbonyl (C=O) groups is 1. The van der Waals surface area contributed by atoms with E-state index in [1.165, 1.54) is 0 Å². The first-order valence-electron chi connectivity index (χ1n) is 11.2. The highest BCUT2D eigenvalue weighted by molar-refractivity contribution is 6.00. The fourth-order valence-corrected chi connectivity index (χ4v) is 4.07. The predicted octanol–water partition coefficient (Wildman–Crippen LogP) is 4.97. The summed E-state index contributed by atoms with van der Waals surface area (Å²) in [5, 5.41) is 12.4. The molecule has 6 heterocycles. The molecule has 0 atom stereocenters. The summed E-state index contributed by atoms with van der Waals surface area (Å²) in [6.07, 6.45) is 9.03. The van der Waals surface area contributed by atoms with E-state index in [2.05, 4.69) is 40.4 Å². The number of nitrogens with one attached hydrogen (secondary N) is 3. The maximum absolute atomic E-state index is 11.8. The van der Waals surface area contributed by atoms with Crippen LogP contribution in [0.15, 0.2) is 73.4 Å². The second-order valence-corrected chi connectivity index (χ2v) is 8.07. The third kappa shape index (κ3) is 3.78. The summed E-state index contributed by atoms with van der Waals surface area (Å²) in [6, 6.07) is 13.6. The largest absolute Gasteiger partial charge is 0.353 e. The molecular weight excluding hydrogens is 440 g/mol. The van der Waals surface area contributed by atoms with Gasteiger partial charge in [-0.2, -0.15) is 5.10 Å². The number of fused-ring (bicyclic) bond motifs is 2. The summed E-state index contributed by atoms with van der Waals surface area (Å²) in [6.45, 7) is 1.81. The van der Waals surface area contributed by atoms with E-state index in [0.717, 1.165) is 55.8 Å². The number of nitrogens with zero attached hydrogens (tertiary/aromatic N) is 5. The average Bonchev–Trinajstić information content (AvgIpc) is 3.53. The zero-order valence-electron chi connectivity index (χ0n) is 18.8. The normalized spacial score (nSPS) is 11.2. The summed E-state index contributed by atoms with van der Waals surface area (Å²) in [4.78, 5) is 33.1. The number of anilines is 1. The first-order chi connectivity index (χ1) is 17.2. The summed E-state index contributed by atoms with van der Waals surface area (Å²) < 4.78 is 0. The monoisotopic (exact) mass is 460 g/mol. The van der Waals surface area contributed by atoms with Gasteiger partial charge in [-0.15, -0.1) is 0 Å². The van der Waals surface area contributed by atoms with Gasteiger partial charge in [0.05, 0.1) is 46.4 Å². The van der Waals surface area contributed by atoms with Crippen LogP contribution >= 0.6 is 0 Å². The van der Waals surface area contributed by atoms with Crippen LogP contribution < -0.4 is 5.32 Å². The Morgan fingerprint density at radius 1 is 0.886 bits per heavy atom. The van der Waals surface area contributed by atoms with Crippen LogP contribution in [0, 0.1) is 0 Å². The van der Waals surface area contributed by atoms with Crippen molar-refractivity contribution in [2.24, 2.45) is 0 Å². The number of aromatic amines is 2. The van der Waals surface area contributed by atoms with E-state index < -0.39 is 0 Å². The van der Waals surface area contributed by atoms with E-state index in [9.17, 15) is 4.79 Å². The predicted molar refractivity (Wildman–Crippen MR) is 134 cm³/mol. The third-order valence-electron chi connectivity index (χ3n) is 5.80. The highest BCUT2D eigenvalue weighted by atomic mass is 16.1. The Labute approximate surface area is 199 Å². The van der Waals surface area contributed by atoms with Crippen molar-refractivity contribution < 1.29 is 4.79 Å². The number of hydrogen-bond donors (Lipinski definition) is 3. The molecule has 6 rings (SSSR count). The fourth-order valence-electron chi connectivity index (χ4n) is 4.07. The number of hydrogen-bond acceptors (Lipinski definition) is 6. The lowest BCUT2D eigenvalue weighted by Gasteiger charge is -2.06. The lowest BCUT2D eigenvalue weighted by molar-refractivity contribution is -0.115. The Hall–Kier alpha value is -4.92. The van der Waals surface area contributed by atoms with Gasteiger partial charge >= 0.3 is 0 Å². The number of H-pyrrole nitrogens is 2. The summed E-state index contributed by atoms with van der Waals surface area (Å²) in [5.74, 6) is -0.0668. The molecule has 0 aliphatic heterocycles. The molecule has 0 fully saturated rings. The van der Waals surface area contributed by atoms with Crippen molar-refractivity contribution in [3.05, 3.63) is 73.4 Å². The first kappa shape index (κ1) is 20.7. The Morgan fingerprint density at radius 2 is 1.80 bits per heavy atom. The molecule has 0 radical (unpaired) electrons. The summed E-state index contributed by atoms with van der Waals surface area (Å²) >= 11 is 0. The van der Waals surface area contributed by atoms with Gasteiger partial charge in [0.15, 0.2) is 0 Å². The van der Waals surface area contributed by atoms with E-state index in [1.54, 1.807) is 31.0 Å². The Bertz CT molecular complexity index is 1690. The quantitative estimate of drug-likeness (QED) is 0.333. The smallest absolute Gasteiger partial charge is 0.224 e. The first-order valence-corrected chi connectivity index (χ1v) is 11.2. The van der Waals surface area contributed by atoms with Crippen LogP contribution in [0.2, 0.25) is 0 Å². The van der Waals surface area contributed by atoms with Crippen LogP contribution in [0.5, 0.6) is 0 Å². The Kier molecular flexibility index (Phi) is 4.99. The topological polar surface area (TPSA) is 125 Å². The highest BCUT2D eigenvalue weighted by Crippen LogP contribution is 2.33. The molecule has 9 heteroatoms. The average molecular weight is 461 g/mol. The van der Waals surface area contributed by atoms with Gasteiger partial charge in [0, 0.05) is 46.9 Å². The van der Waals surface area contributed by atoms with Crippen molar-refractivity contribution in [3.63, 3.8) is 0 Å². The van der Waals surface area contributed by atoms with Crippen LogP contribution in [-0.2, 0) is 4.79 Å². The molecule has 35 heavy (non-hydrogen) atoms. The lowest BCUT2D eigenvalue weighted by Crippen LogP contribution is -2.09. The zero-order chi connectivity index (χ0) is 23.8. The van der Waals surface area contributed by atoms with Crippen LogP contribution in [0.3, 0.4) is 0 Å². The molecule has 3 N–H and O–H groups in total. The molecule has 0 spiro atoms. The minimum absolute atomic E-state index is 0.0668. The second-order valence-electron chi connectivity index (χ2n) is 8.07. The van der Waals surface area contributed by atoms with Crippen LogP contribution in [0.4, 0.5) is 5.69 Å². The highest BCUT2D eigenvalue weighted by Gasteiger charge is 2.16. The van der Waals surface area contributed by atoms with Gasteiger partial charge in [-0.05, 0) is 36.4 Å². The van der Waals surface area contributed by atoms with Crippen LogP contribution in [0.25, 0.3) is 55.8 Å². The minimum Gasteiger partial charge on any atom is -0.353 e. The number of pyridine rings is 4. The standard InChI is InChI=1S/C26H20N8O/c1-2-24(35)31-16-9-15(12-27-13-16)21-10-18-23(14-30-21)33-34-26(18)22-11-17-19(32-22)6-8-29-25(17)20-5-3-4-7-28-20/h3-14,32H,2H2,1H3,(H,31,35)(H,33,34). The van der Waals surface area contributed by atoms with Crippen LogP contribution in [-0.4, -0.2) is 41.0 Å². The van der Waals surface area contributed by atoms with Crippen molar-refractivity contribution in [2.75, 3.05) is 5.32 Å². The molecule has 0 saturated heterocycles. The summed E-state index contributed by atoms with van der Waals surface area (Å²) in [7, 11) is 0. The zero-order valence-corrected chi connectivity index (χ0v) is 18.8. The number of aromatic nitrogens is 7. The molecule has 0 aromatic carbocycles. The molecule has 0 unspecified atom stereocenters. The number of amides is 1. The molecule has 0 aliphatic carbocycles. The van der Waals surface area contributed by atoms with Crippen molar-refractivity contribution >= 4 is 33.4 Å². The molecule has 1 amide bonds. The van der Waals surface area contributed by atoms with Crippen molar-refractivity contribution in [1.29, 1.82) is 0 Å². The molecule has 170 valence electrons. The molecule has 6 aromatic rings. The third-order valence-corrected chi connectivity index (χ3v) is 5.80. The second kappa shape index (κ2) is 8.45. The maximum atomic E-state index is 11.8. The fraction of sp³-hybridized carbons (Fsp3) is 0.0769. The number of rotatable bonds is 5. The van der Waals surface area contributed by atoms with E-state index in [-0.39, 0.29) is 5.91 Å². The van der Waals surface area contributed by atoms with Crippen LogP contribution in [0.1, 0.15) is 13.3 Å².